The number of amides is 1. The Balaban J connectivity index is 0.00000200. The first-order valence-electron chi connectivity index (χ1n) is 6.52. The fourth-order valence-electron chi connectivity index (χ4n) is 2.46. The molecular weight excluding hydrogens is 394 g/mol. The molecule has 1 aliphatic carbocycles. The van der Waals surface area contributed by atoms with Crippen LogP contribution < -0.4 is 11.1 Å². The second-order valence-corrected chi connectivity index (χ2v) is 6.39. The van der Waals surface area contributed by atoms with E-state index in [4.69, 9.17) is 5.73 Å². The molecule has 0 saturated heterocycles. The average Bonchev–Trinajstić information content (AvgIpc) is 2.37. The molecular formula is C14H19ClFIN2O. The Labute approximate surface area is 138 Å². The lowest BCUT2D eigenvalue weighted by molar-refractivity contribution is 0.0936. The molecule has 1 aliphatic rings. The molecule has 0 atom stereocenters. The van der Waals surface area contributed by atoms with Gasteiger partial charge in [-0.1, -0.05) is 19.3 Å². The number of carbonyl (C=O) groups is 1. The Morgan fingerprint density at radius 2 is 2.00 bits per heavy atom. The smallest absolute Gasteiger partial charge is 0.252 e. The molecule has 0 bridgehead atoms. The third kappa shape index (κ3) is 4.56. The van der Waals surface area contributed by atoms with Gasteiger partial charge in [-0.25, -0.2) is 4.39 Å². The Morgan fingerprint density at radius 1 is 1.35 bits per heavy atom. The van der Waals surface area contributed by atoms with Crippen molar-refractivity contribution < 1.29 is 9.18 Å². The summed E-state index contributed by atoms with van der Waals surface area (Å²) in [6.45, 7) is 0.485. The summed E-state index contributed by atoms with van der Waals surface area (Å²) < 4.78 is 13.6. The van der Waals surface area contributed by atoms with Gasteiger partial charge in [0.1, 0.15) is 5.82 Å². The molecule has 1 aromatic rings. The molecule has 6 heteroatoms. The van der Waals surface area contributed by atoms with Crippen molar-refractivity contribution in [2.75, 3.05) is 6.54 Å². The van der Waals surface area contributed by atoms with E-state index in [1.165, 1.54) is 24.6 Å². The Kier molecular flexibility index (Phi) is 6.68. The lowest BCUT2D eigenvalue weighted by Gasteiger charge is -2.33. The fraction of sp³-hybridized carbons (Fsp3) is 0.500. The van der Waals surface area contributed by atoms with Crippen LogP contribution in [-0.4, -0.2) is 18.0 Å². The highest BCUT2D eigenvalue weighted by Gasteiger charge is 2.28. The molecule has 20 heavy (non-hydrogen) atoms. The van der Waals surface area contributed by atoms with Crippen molar-refractivity contribution in [3.8, 4) is 0 Å². The SMILES string of the molecule is Cl.NC1(CNC(=O)c2ccc(F)cc2I)CCCCC1. The summed E-state index contributed by atoms with van der Waals surface area (Å²) in [7, 11) is 0. The van der Waals surface area contributed by atoms with Crippen LogP contribution in [0, 0.1) is 9.39 Å². The number of nitrogens with one attached hydrogen (secondary N) is 1. The van der Waals surface area contributed by atoms with Crippen molar-refractivity contribution in [3.63, 3.8) is 0 Å². The summed E-state index contributed by atoms with van der Waals surface area (Å²) in [6, 6.07) is 4.17. The van der Waals surface area contributed by atoms with Crippen LogP contribution in [0.25, 0.3) is 0 Å². The van der Waals surface area contributed by atoms with Crippen LogP contribution in [0.15, 0.2) is 18.2 Å². The van der Waals surface area contributed by atoms with E-state index < -0.39 is 0 Å². The second-order valence-electron chi connectivity index (χ2n) is 5.23. The summed E-state index contributed by atoms with van der Waals surface area (Å²) in [5.74, 6) is -0.511. The Bertz CT molecular complexity index is 478. The highest BCUT2D eigenvalue weighted by atomic mass is 127. The zero-order valence-electron chi connectivity index (χ0n) is 11.1. The number of benzene rings is 1. The first-order chi connectivity index (χ1) is 9.00. The van der Waals surface area contributed by atoms with E-state index in [1.807, 2.05) is 22.6 Å². The molecule has 0 aromatic heterocycles. The van der Waals surface area contributed by atoms with Crippen LogP contribution in [-0.2, 0) is 0 Å². The van der Waals surface area contributed by atoms with Crippen molar-refractivity contribution >= 4 is 40.9 Å². The molecule has 112 valence electrons. The lowest BCUT2D eigenvalue weighted by Crippen LogP contribution is -2.51. The molecule has 0 heterocycles. The van der Waals surface area contributed by atoms with Gasteiger partial charge in [0.15, 0.2) is 0 Å². The third-order valence-corrected chi connectivity index (χ3v) is 4.52. The van der Waals surface area contributed by atoms with E-state index in [0.717, 1.165) is 25.7 Å². The number of hydrogen-bond acceptors (Lipinski definition) is 2. The summed E-state index contributed by atoms with van der Waals surface area (Å²) in [6.07, 6.45) is 5.38. The van der Waals surface area contributed by atoms with E-state index in [1.54, 1.807) is 0 Å². The van der Waals surface area contributed by atoms with Gasteiger partial charge in [0, 0.05) is 15.7 Å². The minimum absolute atomic E-state index is 0. The van der Waals surface area contributed by atoms with Gasteiger partial charge in [-0.05, 0) is 53.6 Å². The van der Waals surface area contributed by atoms with Crippen molar-refractivity contribution in [1.82, 2.24) is 5.32 Å². The normalized spacial score (nSPS) is 17.1. The zero-order valence-corrected chi connectivity index (χ0v) is 14.1. The van der Waals surface area contributed by atoms with Crippen LogP contribution >= 0.6 is 35.0 Å². The third-order valence-electron chi connectivity index (χ3n) is 3.63. The highest BCUT2D eigenvalue weighted by Crippen LogP contribution is 2.25. The number of rotatable bonds is 3. The maximum absolute atomic E-state index is 13.0. The minimum atomic E-state index is -0.330. The molecule has 3 N–H and O–H groups in total. The molecule has 3 nitrogen and oxygen atoms in total. The van der Waals surface area contributed by atoms with Gasteiger partial charge >= 0.3 is 0 Å². The predicted molar refractivity (Wildman–Crippen MR) is 88.7 cm³/mol. The maximum atomic E-state index is 13.0. The molecule has 0 spiro atoms. The summed E-state index contributed by atoms with van der Waals surface area (Å²) in [4.78, 5) is 12.1. The minimum Gasteiger partial charge on any atom is -0.350 e. The lowest BCUT2D eigenvalue weighted by atomic mass is 9.82. The van der Waals surface area contributed by atoms with Gasteiger partial charge in [0.2, 0.25) is 0 Å². The fourth-order valence-corrected chi connectivity index (χ4v) is 3.18. The largest absolute Gasteiger partial charge is 0.350 e. The van der Waals surface area contributed by atoms with E-state index in [9.17, 15) is 9.18 Å². The molecule has 1 amide bonds. The number of carbonyl (C=O) groups excluding carboxylic acids is 1. The van der Waals surface area contributed by atoms with Crippen molar-refractivity contribution in [2.24, 2.45) is 5.73 Å². The van der Waals surface area contributed by atoms with E-state index in [2.05, 4.69) is 5.32 Å². The monoisotopic (exact) mass is 412 g/mol. The van der Waals surface area contributed by atoms with Crippen LogP contribution in [0.5, 0.6) is 0 Å². The Hall–Kier alpha value is -0.400. The second kappa shape index (κ2) is 7.56. The van der Waals surface area contributed by atoms with Crippen LogP contribution in [0.1, 0.15) is 42.5 Å². The predicted octanol–water partition coefficient (Wildman–Crippen LogP) is 3.24. The van der Waals surface area contributed by atoms with Gasteiger partial charge < -0.3 is 11.1 Å². The number of halogens is 3. The average molecular weight is 413 g/mol. The van der Waals surface area contributed by atoms with Gasteiger partial charge in [-0.2, -0.15) is 0 Å². The molecule has 0 aliphatic heterocycles. The van der Waals surface area contributed by atoms with Crippen molar-refractivity contribution in [2.45, 2.75) is 37.6 Å². The molecule has 1 aromatic carbocycles. The Morgan fingerprint density at radius 3 is 2.60 bits per heavy atom. The van der Waals surface area contributed by atoms with Gasteiger partial charge in [0.05, 0.1) is 5.56 Å². The summed E-state index contributed by atoms with van der Waals surface area (Å²) in [5, 5.41) is 2.88. The first kappa shape index (κ1) is 17.7. The number of nitrogens with two attached hydrogens (primary N) is 1. The molecule has 1 saturated carbocycles. The highest BCUT2D eigenvalue weighted by molar-refractivity contribution is 14.1. The molecule has 0 radical (unpaired) electrons. The van der Waals surface area contributed by atoms with Crippen molar-refractivity contribution in [3.05, 3.63) is 33.1 Å². The van der Waals surface area contributed by atoms with Crippen LogP contribution in [0.4, 0.5) is 4.39 Å². The molecule has 1 fully saturated rings. The standard InChI is InChI=1S/C14H18FIN2O.ClH/c15-10-4-5-11(12(16)8-10)13(19)18-9-14(17)6-2-1-3-7-14;/h4-5,8H,1-3,6-7,9,17H2,(H,18,19);1H. The topological polar surface area (TPSA) is 55.1 Å². The number of hydrogen-bond donors (Lipinski definition) is 2. The van der Waals surface area contributed by atoms with E-state index >= 15 is 0 Å². The van der Waals surface area contributed by atoms with Crippen molar-refractivity contribution in [1.29, 1.82) is 0 Å². The van der Waals surface area contributed by atoms with E-state index in [-0.39, 0.29) is 29.7 Å². The maximum Gasteiger partial charge on any atom is 0.252 e. The van der Waals surface area contributed by atoms with Gasteiger partial charge in [-0.15, -0.1) is 12.4 Å². The zero-order chi connectivity index (χ0) is 13.9. The van der Waals surface area contributed by atoms with Crippen LogP contribution in [0.3, 0.4) is 0 Å². The summed E-state index contributed by atoms with van der Waals surface area (Å²) in [5.41, 5.74) is 6.49. The molecule has 2 rings (SSSR count). The first-order valence-corrected chi connectivity index (χ1v) is 7.60. The van der Waals surface area contributed by atoms with Gasteiger partial charge in [0.25, 0.3) is 5.91 Å². The van der Waals surface area contributed by atoms with E-state index in [0.29, 0.717) is 15.7 Å². The van der Waals surface area contributed by atoms with Crippen LogP contribution in [0.2, 0.25) is 0 Å². The van der Waals surface area contributed by atoms with Gasteiger partial charge in [-0.3, -0.25) is 4.79 Å². The quantitative estimate of drug-likeness (QED) is 0.749. The summed E-state index contributed by atoms with van der Waals surface area (Å²) >= 11 is 1.97. The molecule has 0 unspecified atom stereocenters.